The molecule has 0 amide bonds. The molecule has 0 unspecified atom stereocenters. The fraction of sp³-hybridized carbons (Fsp3) is 0.393. The second-order valence-electron chi connectivity index (χ2n) is 10.9. The Balaban J connectivity index is 1.72. The first-order chi connectivity index (χ1) is 17.6. The molecule has 0 aliphatic carbocycles. The fourth-order valence-corrected chi connectivity index (χ4v) is 6.78. The summed E-state index contributed by atoms with van der Waals surface area (Å²) in [5.41, 5.74) is 4.90. The summed E-state index contributed by atoms with van der Waals surface area (Å²) in [6, 6.07) is 15.7. The first kappa shape index (κ1) is 28.2. The summed E-state index contributed by atoms with van der Waals surface area (Å²) in [5.74, 6) is -0.817. The van der Waals surface area contributed by atoms with E-state index in [1.54, 1.807) is 4.58 Å². The third kappa shape index (κ3) is 5.63. The minimum absolute atomic E-state index is 0.275. The van der Waals surface area contributed by atoms with Crippen LogP contribution in [0.1, 0.15) is 51.7 Å². The van der Waals surface area contributed by atoms with Crippen LogP contribution in [0.2, 0.25) is 0 Å². The molecule has 0 bridgehead atoms. The monoisotopic (exact) mass is 559 g/mol. The number of benzene rings is 2. The van der Waals surface area contributed by atoms with E-state index in [1.165, 1.54) is 0 Å². The van der Waals surface area contributed by atoms with Gasteiger partial charge in [0.1, 0.15) is 0 Å². The summed E-state index contributed by atoms with van der Waals surface area (Å²) in [7, 11) is -8.28. The summed E-state index contributed by atoms with van der Waals surface area (Å²) in [5, 5.41) is 0. The maximum Gasteiger partial charge on any atom is 0.326 e. The molecule has 2 aliphatic rings. The lowest BCUT2D eigenvalue weighted by atomic mass is 9.81. The zero-order valence-electron chi connectivity index (χ0n) is 22.1. The number of hydrogen-bond acceptors (Lipinski definition) is 5. The number of anilines is 1. The number of hydrogen-bond donors (Lipinski definition) is 2. The Morgan fingerprint density at radius 3 is 2.13 bits per heavy atom. The molecule has 204 valence electrons. The van der Waals surface area contributed by atoms with Gasteiger partial charge in [-0.15, -0.1) is 0 Å². The van der Waals surface area contributed by atoms with E-state index in [9.17, 15) is 21.4 Å². The Labute approximate surface area is 225 Å². The molecule has 0 spiro atoms. The molecule has 8 nitrogen and oxygen atoms in total. The minimum Gasteiger partial charge on any atom is -0.344 e. The first-order valence-corrected chi connectivity index (χ1v) is 15.8. The molecule has 0 fully saturated rings. The molecule has 2 aromatic rings. The molecule has 10 heteroatoms. The summed E-state index contributed by atoms with van der Waals surface area (Å²) in [6.45, 7) is 8.91. The van der Waals surface area contributed by atoms with Crippen molar-refractivity contribution in [2.45, 2.75) is 51.4 Å². The largest absolute Gasteiger partial charge is 0.344 e. The molecular weight excluding hydrogens is 524 g/mol. The molecular formula is C28H35N2O6S2+. The molecule has 2 heterocycles. The van der Waals surface area contributed by atoms with Gasteiger partial charge >= 0.3 is 10.1 Å². The van der Waals surface area contributed by atoms with E-state index in [2.05, 4.69) is 24.8 Å². The number of unbranched alkanes of at least 4 members (excludes halogenated alkanes) is 1. The highest BCUT2D eigenvalue weighted by atomic mass is 32.2. The first-order valence-electron chi connectivity index (χ1n) is 12.5. The predicted octanol–water partition coefficient (Wildman–Crippen LogP) is 4.81. The number of para-hydroxylation sites is 2. The molecule has 0 saturated carbocycles. The normalized spacial score (nSPS) is 19.4. The van der Waals surface area contributed by atoms with Crippen molar-refractivity contribution >= 4 is 37.3 Å². The molecule has 0 atom stereocenters. The third-order valence-electron chi connectivity index (χ3n) is 7.43. The quantitative estimate of drug-likeness (QED) is 0.257. The Bertz CT molecular complexity index is 1550. The van der Waals surface area contributed by atoms with Gasteiger partial charge in [0.15, 0.2) is 5.71 Å². The third-order valence-corrected chi connectivity index (χ3v) is 8.82. The number of nitrogens with zero attached hydrogens (tertiary/aromatic N) is 2. The van der Waals surface area contributed by atoms with Crippen molar-refractivity contribution in [1.82, 2.24) is 0 Å². The summed E-state index contributed by atoms with van der Waals surface area (Å²) in [4.78, 5) is 2.18. The van der Waals surface area contributed by atoms with Crippen LogP contribution < -0.4 is 4.90 Å². The molecule has 0 aromatic heterocycles. The van der Waals surface area contributed by atoms with Crippen LogP contribution in [-0.2, 0) is 31.1 Å². The van der Waals surface area contributed by atoms with Crippen LogP contribution in [0.5, 0.6) is 0 Å². The topological polar surface area (TPSA) is 115 Å². The van der Waals surface area contributed by atoms with E-state index in [1.807, 2.05) is 74.5 Å². The predicted molar refractivity (Wildman–Crippen MR) is 150 cm³/mol. The fourth-order valence-electron chi connectivity index (χ4n) is 5.61. The van der Waals surface area contributed by atoms with Crippen molar-refractivity contribution in [3.8, 4) is 0 Å². The number of fused-ring (bicyclic) bond motifs is 2. The van der Waals surface area contributed by atoms with Crippen LogP contribution in [0.4, 0.5) is 11.4 Å². The Kier molecular flexibility index (Phi) is 7.48. The summed E-state index contributed by atoms with van der Waals surface area (Å²) in [6.07, 6.45) is 6.74. The Hall–Kier alpha value is -2.79. The molecule has 4 rings (SSSR count). The molecule has 0 radical (unpaired) electrons. The van der Waals surface area contributed by atoms with E-state index < -0.39 is 31.5 Å². The van der Waals surface area contributed by atoms with Crippen LogP contribution in [0, 0.1) is 0 Å². The summed E-state index contributed by atoms with van der Waals surface area (Å²) < 4.78 is 66.5. The summed E-state index contributed by atoms with van der Waals surface area (Å²) >= 11 is 0. The van der Waals surface area contributed by atoms with E-state index in [-0.39, 0.29) is 11.2 Å². The van der Waals surface area contributed by atoms with Gasteiger partial charge in [-0.05, 0) is 44.4 Å². The van der Waals surface area contributed by atoms with Gasteiger partial charge in [-0.2, -0.15) is 21.4 Å². The van der Waals surface area contributed by atoms with Crippen molar-refractivity contribution in [2.75, 3.05) is 23.1 Å². The van der Waals surface area contributed by atoms with Crippen LogP contribution in [0.3, 0.4) is 0 Å². The van der Waals surface area contributed by atoms with Gasteiger partial charge in [-0.25, -0.2) is 0 Å². The van der Waals surface area contributed by atoms with Crippen LogP contribution >= 0.6 is 0 Å². The minimum atomic E-state index is -4.27. The molecule has 2 aliphatic heterocycles. The van der Waals surface area contributed by atoms with Gasteiger partial charge in [-0.1, -0.05) is 56.3 Å². The van der Waals surface area contributed by atoms with E-state index in [0.717, 1.165) is 33.9 Å². The smallest absolute Gasteiger partial charge is 0.326 e. The van der Waals surface area contributed by atoms with Gasteiger partial charge in [0, 0.05) is 41.1 Å². The van der Waals surface area contributed by atoms with Gasteiger partial charge < -0.3 is 4.90 Å². The maximum atomic E-state index is 11.9. The number of allylic oxidation sites excluding steroid dienone is 4. The average molecular weight is 560 g/mol. The van der Waals surface area contributed by atoms with Crippen LogP contribution in [-0.4, -0.2) is 54.4 Å². The highest BCUT2D eigenvalue weighted by Gasteiger charge is 2.45. The maximum absolute atomic E-state index is 11.9. The molecule has 0 saturated heterocycles. The van der Waals surface area contributed by atoms with E-state index >= 15 is 0 Å². The van der Waals surface area contributed by atoms with Gasteiger partial charge in [0.2, 0.25) is 5.69 Å². The van der Waals surface area contributed by atoms with Crippen molar-refractivity contribution in [2.24, 2.45) is 0 Å². The molecule has 2 N–H and O–H groups in total. The van der Waals surface area contributed by atoms with Crippen LogP contribution in [0.25, 0.3) is 0 Å². The lowest BCUT2D eigenvalue weighted by molar-refractivity contribution is -0.416. The van der Waals surface area contributed by atoms with Gasteiger partial charge in [0.25, 0.3) is 16.0 Å². The molecule has 2 aromatic carbocycles. The zero-order valence-corrected chi connectivity index (χ0v) is 23.8. The highest BCUT2D eigenvalue weighted by molar-refractivity contribution is 7.85. The van der Waals surface area contributed by atoms with E-state index in [4.69, 9.17) is 4.55 Å². The van der Waals surface area contributed by atoms with Crippen molar-refractivity contribution < 1.29 is 30.5 Å². The van der Waals surface area contributed by atoms with E-state index in [0.29, 0.717) is 19.4 Å². The lowest BCUT2D eigenvalue weighted by Gasteiger charge is -2.27. The van der Waals surface area contributed by atoms with Gasteiger partial charge in [-0.3, -0.25) is 9.11 Å². The van der Waals surface area contributed by atoms with Crippen LogP contribution in [0.15, 0.2) is 72.5 Å². The standard InChI is InChI=1S/C28H34N2O6S2/c1-27(2)21-12-5-7-14-23(21)29(18-9-10-19-37(31,32)33)25(27)16-11-17-26-28(3,4)22-13-6-8-15-24(22)30(26)20-38(34,35)36/h5-8,11-17H,9-10,18-20H2,1-4H3,(H-,31,32,33,34,35,36)/p+1. The zero-order chi connectivity index (χ0) is 27.9. The number of rotatable bonds is 9. The molecule has 38 heavy (non-hydrogen) atoms. The SMILES string of the molecule is CC1(C)C(/C=C/C=C2/N(CCCCS(=O)(=O)O)c3ccccc3C2(C)C)=[N+](CS(=O)(=O)O)c2ccccc21. The Morgan fingerprint density at radius 2 is 1.47 bits per heavy atom. The Morgan fingerprint density at radius 1 is 0.842 bits per heavy atom. The van der Waals surface area contributed by atoms with Crippen molar-refractivity contribution in [3.05, 3.63) is 83.6 Å². The van der Waals surface area contributed by atoms with Crippen molar-refractivity contribution in [3.63, 3.8) is 0 Å². The lowest BCUT2D eigenvalue weighted by Crippen LogP contribution is -2.29. The van der Waals surface area contributed by atoms with Crippen molar-refractivity contribution in [1.29, 1.82) is 0 Å². The average Bonchev–Trinajstić information content (AvgIpc) is 3.15. The van der Waals surface area contributed by atoms with Gasteiger partial charge in [0.05, 0.1) is 11.2 Å². The highest BCUT2D eigenvalue weighted by Crippen LogP contribution is 2.47. The second kappa shape index (κ2) is 10.1. The second-order valence-corrected chi connectivity index (χ2v) is 13.9.